The van der Waals surface area contributed by atoms with E-state index in [2.05, 4.69) is 44.8 Å². The zero-order valence-electron chi connectivity index (χ0n) is 25.9. The molecule has 4 rings (SSSR count). The summed E-state index contributed by atoms with van der Waals surface area (Å²) in [6.07, 6.45) is 29.9. The van der Waals surface area contributed by atoms with Crippen LogP contribution < -0.4 is 4.75 Å². The molecule has 4 aliphatic carbocycles. The Balaban J connectivity index is 2.02. The van der Waals surface area contributed by atoms with E-state index in [0.29, 0.717) is 0 Å². The normalized spacial score (nSPS) is 25.2. The van der Waals surface area contributed by atoms with Gasteiger partial charge >= 0.3 is 0 Å². The quantitative estimate of drug-likeness (QED) is 0.223. The van der Waals surface area contributed by atoms with Gasteiger partial charge < -0.3 is 9.16 Å². The molecular formula is C31H64N2P2Si2. The van der Waals surface area contributed by atoms with Crippen LogP contribution >= 0.6 is 14.1 Å². The van der Waals surface area contributed by atoms with Crippen molar-refractivity contribution in [3.63, 3.8) is 0 Å². The summed E-state index contributed by atoms with van der Waals surface area (Å²) in [5.41, 5.74) is 7.12. The van der Waals surface area contributed by atoms with Gasteiger partial charge in [0, 0.05) is 0 Å². The summed E-state index contributed by atoms with van der Waals surface area (Å²) in [6.45, 7) is 15.7. The highest BCUT2D eigenvalue weighted by Gasteiger charge is 2.45. The first-order valence-electron chi connectivity index (χ1n) is 16.7. The van der Waals surface area contributed by atoms with Crippen LogP contribution in [-0.4, -0.2) is 44.6 Å². The largest absolute Gasteiger partial charge is 0.334 e. The van der Waals surface area contributed by atoms with E-state index in [1.54, 1.807) is 0 Å². The van der Waals surface area contributed by atoms with E-state index in [-0.39, 0.29) is 0 Å². The Hall–Kier alpha value is 0.924. The Kier molecular flexibility index (Phi) is 11.1. The average Bonchev–Trinajstić information content (AvgIpc) is 2.88. The van der Waals surface area contributed by atoms with E-state index in [4.69, 9.17) is 9.16 Å². The molecule has 0 aromatic rings. The fraction of sp³-hybridized carbons (Fsp3) is 0.968. The molecule has 37 heavy (non-hydrogen) atoms. The van der Waals surface area contributed by atoms with Crippen molar-refractivity contribution in [3.8, 4) is 0 Å². The Labute approximate surface area is 235 Å². The number of hydrogen-bond donors (Lipinski definition) is 1. The van der Waals surface area contributed by atoms with E-state index >= 15 is 0 Å². The second-order valence-corrected chi connectivity index (χ2v) is 33.2. The Morgan fingerprint density at radius 1 is 0.514 bits per heavy atom. The standard InChI is InChI=1S/C31H64N2P2Si2/c1-36(2,3)32-34(28-19-11-7-12-20-28,29-21-13-8-14-22-29)27-35(33-37(4,5)6,30-23-15-9-16-24-30)31-25-17-10-18-26-31/h27-32H,7-26H2,1-6H3. The van der Waals surface area contributed by atoms with E-state index < -0.39 is 30.6 Å². The van der Waals surface area contributed by atoms with Gasteiger partial charge in [-0.15, -0.1) is 0 Å². The summed E-state index contributed by atoms with van der Waals surface area (Å²) >= 11 is 0. The second kappa shape index (κ2) is 13.3. The van der Waals surface area contributed by atoms with Gasteiger partial charge in [-0.3, -0.25) is 0 Å². The average molecular weight is 583 g/mol. The van der Waals surface area contributed by atoms with E-state index in [1.165, 1.54) is 128 Å². The molecule has 1 N–H and O–H groups in total. The summed E-state index contributed by atoms with van der Waals surface area (Å²) in [6, 6.07) is 0. The van der Waals surface area contributed by atoms with Gasteiger partial charge in [-0.1, -0.05) is 116 Å². The van der Waals surface area contributed by atoms with Gasteiger partial charge in [-0.05, 0) is 93.6 Å². The van der Waals surface area contributed by atoms with Crippen molar-refractivity contribution in [2.45, 2.75) is 190 Å². The lowest BCUT2D eigenvalue weighted by atomic mass is 9.99. The highest BCUT2D eigenvalue weighted by atomic mass is 31.2. The Morgan fingerprint density at radius 2 is 0.838 bits per heavy atom. The van der Waals surface area contributed by atoms with Crippen LogP contribution in [0.1, 0.15) is 128 Å². The van der Waals surface area contributed by atoms with Crippen LogP contribution in [0.2, 0.25) is 39.3 Å². The third-order valence-electron chi connectivity index (χ3n) is 10.1. The van der Waals surface area contributed by atoms with Crippen molar-refractivity contribution >= 4 is 36.1 Å². The number of hydrogen-bond acceptors (Lipinski definition) is 2. The molecule has 0 aromatic carbocycles. The zero-order valence-corrected chi connectivity index (χ0v) is 29.7. The van der Waals surface area contributed by atoms with Crippen LogP contribution in [0.3, 0.4) is 0 Å². The van der Waals surface area contributed by atoms with Crippen LogP contribution in [-0.2, 0) is 0 Å². The first-order chi connectivity index (χ1) is 17.5. The maximum absolute atomic E-state index is 6.39. The molecule has 0 aromatic heterocycles. The molecule has 0 bridgehead atoms. The molecule has 0 amide bonds. The monoisotopic (exact) mass is 582 g/mol. The second-order valence-electron chi connectivity index (χ2n) is 15.5. The highest BCUT2D eigenvalue weighted by Crippen LogP contribution is 2.72. The van der Waals surface area contributed by atoms with Crippen molar-refractivity contribution in [1.82, 2.24) is 4.75 Å². The highest BCUT2D eigenvalue weighted by molar-refractivity contribution is 7.98. The molecule has 0 spiro atoms. The van der Waals surface area contributed by atoms with Crippen LogP contribution in [0.25, 0.3) is 0 Å². The van der Waals surface area contributed by atoms with Gasteiger partial charge in [-0.2, -0.15) is 0 Å². The molecule has 6 heteroatoms. The number of rotatable bonds is 8. The molecule has 0 unspecified atom stereocenters. The minimum Gasteiger partial charge on any atom is -0.334 e. The van der Waals surface area contributed by atoms with Gasteiger partial charge in [0.25, 0.3) is 0 Å². The van der Waals surface area contributed by atoms with Gasteiger partial charge in [-0.25, -0.2) is 0 Å². The van der Waals surface area contributed by atoms with Gasteiger partial charge in [0.05, 0.1) is 0 Å². The molecular weight excluding hydrogens is 518 g/mol. The van der Waals surface area contributed by atoms with Crippen molar-refractivity contribution in [2.24, 2.45) is 4.41 Å². The lowest BCUT2D eigenvalue weighted by Gasteiger charge is -2.52. The fourth-order valence-corrected chi connectivity index (χ4v) is 33.3. The third kappa shape index (κ3) is 8.02. The predicted molar refractivity (Wildman–Crippen MR) is 180 cm³/mol. The van der Waals surface area contributed by atoms with Crippen LogP contribution in [0.4, 0.5) is 0 Å². The van der Waals surface area contributed by atoms with Crippen LogP contribution in [0, 0.1) is 0 Å². The van der Waals surface area contributed by atoms with Gasteiger partial charge in [0.15, 0.2) is 8.24 Å². The molecule has 216 valence electrons. The first kappa shape index (κ1) is 30.9. The molecule has 0 saturated heterocycles. The van der Waals surface area contributed by atoms with Crippen molar-refractivity contribution in [3.05, 3.63) is 0 Å². The SMILES string of the molecule is C[Si](C)(C)N=P(C=P(N[Si](C)(C)C)(C1CCCCC1)C1CCCCC1)(C1CCCCC1)C1CCCCC1. The molecule has 4 fully saturated rings. The summed E-state index contributed by atoms with van der Waals surface area (Å²) in [7, 11) is -6.02. The molecule has 4 saturated carbocycles. The first-order valence-corrected chi connectivity index (χ1v) is 27.6. The van der Waals surface area contributed by atoms with E-state index in [9.17, 15) is 0 Å². The lowest BCUT2D eigenvalue weighted by molar-refractivity contribution is 0.481. The maximum atomic E-state index is 6.39. The van der Waals surface area contributed by atoms with Crippen LogP contribution in [0.15, 0.2) is 4.41 Å². The van der Waals surface area contributed by atoms with Crippen molar-refractivity contribution < 1.29 is 0 Å². The third-order valence-corrected chi connectivity index (χ3v) is 27.9. The minimum atomic E-state index is -1.57. The van der Waals surface area contributed by atoms with Crippen molar-refractivity contribution in [2.75, 3.05) is 0 Å². The van der Waals surface area contributed by atoms with Crippen LogP contribution in [0.5, 0.6) is 0 Å². The summed E-state index contributed by atoms with van der Waals surface area (Å²) in [4.78, 5) is 0. The van der Waals surface area contributed by atoms with Gasteiger partial charge in [0.1, 0.15) is 8.24 Å². The lowest BCUT2D eigenvalue weighted by Crippen LogP contribution is -2.46. The molecule has 0 atom stereocenters. The minimum absolute atomic E-state index is 0.922. The molecule has 0 radical (unpaired) electrons. The smallest absolute Gasteiger partial charge is 0.170 e. The molecule has 0 aliphatic heterocycles. The summed E-state index contributed by atoms with van der Waals surface area (Å²) in [5.74, 6) is 0. The van der Waals surface area contributed by atoms with E-state index in [1.807, 2.05) is 0 Å². The number of nitrogens with one attached hydrogen (secondary N) is 1. The van der Waals surface area contributed by atoms with Crippen molar-refractivity contribution in [1.29, 1.82) is 0 Å². The topological polar surface area (TPSA) is 24.4 Å². The number of nitrogens with zero attached hydrogens (tertiary/aromatic N) is 1. The van der Waals surface area contributed by atoms with E-state index in [0.717, 1.165) is 22.6 Å². The predicted octanol–water partition coefficient (Wildman–Crippen LogP) is 11.5. The molecule has 4 aliphatic rings. The summed E-state index contributed by atoms with van der Waals surface area (Å²) < 4.78 is 11.2. The Bertz CT molecular complexity index is 773. The Morgan fingerprint density at radius 3 is 1.14 bits per heavy atom. The summed E-state index contributed by atoms with van der Waals surface area (Å²) in [5, 5.41) is 0. The molecule has 2 nitrogen and oxygen atoms in total. The molecule has 0 heterocycles. The zero-order chi connectivity index (χ0) is 26.6. The van der Waals surface area contributed by atoms with Gasteiger partial charge in [0.2, 0.25) is 0 Å². The maximum Gasteiger partial charge on any atom is 0.170 e. The fourth-order valence-electron chi connectivity index (χ4n) is 8.79.